The predicted molar refractivity (Wildman–Crippen MR) is 179 cm³/mol. The van der Waals surface area contributed by atoms with Crippen LogP contribution in [0.2, 0.25) is 5.02 Å². The lowest BCUT2D eigenvalue weighted by Crippen LogP contribution is -2.47. The zero-order chi connectivity index (χ0) is 31.9. The summed E-state index contributed by atoms with van der Waals surface area (Å²) >= 11 is 6.48. The number of sulfonamides is 1. The molecule has 240 valence electrons. The van der Waals surface area contributed by atoms with Crippen LogP contribution in [0.1, 0.15) is 49.7 Å². The molecule has 3 rings (SSSR count). The molecule has 2 amide bonds. The molecule has 0 spiro atoms. The van der Waals surface area contributed by atoms with Gasteiger partial charge in [-0.3, -0.25) is 14.3 Å². The number of aryl methyl sites for hydroxylation is 1. The average Bonchev–Trinajstić information content (AvgIpc) is 2.90. The first kappa shape index (κ1) is 37.0. The Labute approximate surface area is 272 Å². The zero-order valence-electron chi connectivity index (χ0n) is 26.2. The van der Waals surface area contributed by atoms with E-state index in [9.17, 15) is 18.0 Å². The van der Waals surface area contributed by atoms with Gasteiger partial charge < -0.3 is 15.0 Å². The first-order valence-electron chi connectivity index (χ1n) is 14.0. The van der Waals surface area contributed by atoms with Gasteiger partial charge in [-0.1, -0.05) is 62.7 Å². The van der Waals surface area contributed by atoms with Gasteiger partial charge in [0.25, 0.3) is 5.91 Å². The Morgan fingerprint density at radius 2 is 1.73 bits per heavy atom. The number of nitrogens with zero attached hydrogens (tertiary/aromatic N) is 2. The second-order valence-corrected chi connectivity index (χ2v) is 14.1. The number of amides is 2. The van der Waals surface area contributed by atoms with E-state index in [2.05, 4.69) is 10.2 Å². The highest BCUT2D eigenvalue weighted by atomic mass is 35.5. The van der Waals surface area contributed by atoms with Crippen LogP contribution >= 0.6 is 24.0 Å². The van der Waals surface area contributed by atoms with Crippen molar-refractivity contribution in [3.05, 3.63) is 70.9 Å². The maximum Gasteiger partial charge on any atom is 0.270 e. The molecule has 9 nitrogen and oxygen atoms in total. The summed E-state index contributed by atoms with van der Waals surface area (Å²) in [6.45, 7) is 8.96. The summed E-state index contributed by atoms with van der Waals surface area (Å²) in [6.07, 6.45) is 1.52. The number of benzene rings is 2. The summed E-state index contributed by atoms with van der Waals surface area (Å²) in [4.78, 5) is 32.8. The average molecular weight is 666 g/mol. The van der Waals surface area contributed by atoms with E-state index in [1.807, 2.05) is 89.0 Å². The Balaban J connectivity index is 0.00000675. The van der Waals surface area contributed by atoms with E-state index in [0.717, 1.165) is 41.5 Å². The van der Waals surface area contributed by atoms with Crippen molar-refractivity contribution >= 4 is 45.8 Å². The van der Waals surface area contributed by atoms with Gasteiger partial charge in [-0.2, -0.15) is 0 Å². The van der Waals surface area contributed by atoms with E-state index in [4.69, 9.17) is 21.3 Å². The van der Waals surface area contributed by atoms with Gasteiger partial charge in [0.1, 0.15) is 11.4 Å². The molecule has 0 aliphatic heterocycles. The van der Waals surface area contributed by atoms with Crippen molar-refractivity contribution in [1.29, 1.82) is 0 Å². The van der Waals surface area contributed by atoms with Gasteiger partial charge in [-0.25, -0.2) is 13.4 Å². The van der Waals surface area contributed by atoms with Crippen LogP contribution in [-0.4, -0.2) is 69.7 Å². The van der Waals surface area contributed by atoms with Crippen molar-refractivity contribution in [2.24, 2.45) is 5.41 Å². The number of hydrogen-bond donors (Lipinski definition) is 2. The summed E-state index contributed by atoms with van der Waals surface area (Å²) in [5.41, 5.74) is 3.72. The predicted octanol–water partition coefficient (Wildman–Crippen LogP) is 5.74. The highest BCUT2D eigenvalue weighted by molar-refractivity contribution is 7.89. The number of rotatable bonds is 12. The summed E-state index contributed by atoms with van der Waals surface area (Å²) in [5, 5.41) is 3.37. The molecule has 0 fully saturated rings. The molecule has 0 aliphatic carbocycles. The van der Waals surface area contributed by atoms with E-state index in [-0.39, 0.29) is 24.5 Å². The third kappa shape index (κ3) is 10.8. The maximum absolute atomic E-state index is 13.5. The second-order valence-electron chi connectivity index (χ2n) is 12.0. The summed E-state index contributed by atoms with van der Waals surface area (Å²) < 4.78 is 31.1. The van der Waals surface area contributed by atoms with Crippen LogP contribution < -0.4 is 14.8 Å². The molecule has 44 heavy (non-hydrogen) atoms. The van der Waals surface area contributed by atoms with Crippen LogP contribution in [0, 0.1) is 12.3 Å². The van der Waals surface area contributed by atoms with Gasteiger partial charge in [0, 0.05) is 30.1 Å². The minimum absolute atomic E-state index is 0. The lowest BCUT2D eigenvalue weighted by molar-refractivity contribution is -0.120. The van der Waals surface area contributed by atoms with Crippen LogP contribution in [0.15, 0.2) is 54.6 Å². The first-order chi connectivity index (χ1) is 20.0. The Morgan fingerprint density at radius 3 is 2.34 bits per heavy atom. The minimum atomic E-state index is -3.73. The normalized spacial score (nSPS) is 12.3. The van der Waals surface area contributed by atoms with E-state index < -0.39 is 33.3 Å². The van der Waals surface area contributed by atoms with Crippen molar-refractivity contribution in [2.75, 3.05) is 33.5 Å². The number of nitrogens with one attached hydrogen (secondary N) is 2. The summed E-state index contributed by atoms with van der Waals surface area (Å²) in [5.74, 6) is -0.667. The van der Waals surface area contributed by atoms with Gasteiger partial charge in [0.15, 0.2) is 0 Å². The Hall–Kier alpha value is -3.18. The molecule has 1 aromatic heterocycles. The number of carbonyl (C=O) groups excluding carboxylic acids is 2. The third-order valence-electron chi connectivity index (χ3n) is 6.81. The molecule has 0 radical (unpaired) electrons. The summed E-state index contributed by atoms with van der Waals surface area (Å²) in [6, 6.07) is 16.2. The van der Waals surface area contributed by atoms with Crippen LogP contribution in [0.25, 0.3) is 22.4 Å². The topological polar surface area (TPSA) is 118 Å². The Bertz CT molecular complexity index is 1570. The van der Waals surface area contributed by atoms with E-state index in [1.165, 1.54) is 0 Å². The van der Waals surface area contributed by atoms with E-state index in [0.29, 0.717) is 23.1 Å². The molecule has 1 heterocycles. The molecule has 12 heteroatoms. The van der Waals surface area contributed by atoms with Gasteiger partial charge in [0.2, 0.25) is 15.9 Å². The number of hydrogen-bond acceptors (Lipinski definition) is 7. The maximum atomic E-state index is 13.5. The quantitative estimate of drug-likeness (QED) is 0.237. The molecule has 0 aliphatic rings. The second kappa shape index (κ2) is 15.7. The molecule has 2 aromatic carbocycles. The summed E-state index contributed by atoms with van der Waals surface area (Å²) in [7, 11) is 0.277. The molecule has 0 saturated carbocycles. The van der Waals surface area contributed by atoms with Gasteiger partial charge in [0.05, 0.1) is 23.6 Å². The van der Waals surface area contributed by atoms with Crippen LogP contribution in [0.5, 0.6) is 5.75 Å². The lowest BCUT2D eigenvalue weighted by Gasteiger charge is -2.31. The van der Waals surface area contributed by atoms with Gasteiger partial charge >= 0.3 is 0 Å². The lowest BCUT2D eigenvalue weighted by atomic mass is 9.84. The van der Waals surface area contributed by atoms with Crippen molar-refractivity contribution in [2.45, 2.75) is 46.6 Å². The Kier molecular flexibility index (Phi) is 13.2. The number of aromatic nitrogens is 1. The molecule has 0 unspecified atom stereocenters. The first-order valence-corrected chi connectivity index (χ1v) is 16.3. The highest BCUT2D eigenvalue weighted by Gasteiger charge is 2.30. The van der Waals surface area contributed by atoms with E-state index in [1.54, 1.807) is 12.1 Å². The van der Waals surface area contributed by atoms with Crippen molar-refractivity contribution < 1.29 is 22.7 Å². The van der Waals surface area contributed by atoms with Crippen LogP contribution in [0.3, 0.4) is 0 Å². The fraction of sp³-hybridized carbons (Fsp3) is 0.406. The van der Waals surface area contributed by atoms with Crippen LogP contribution in [-0.2, 0) is 14.8 Å². The molecule has 3 aromatic rings. The molecular formula is C32H42Cl2N4O5S. The molecule has 0 bridgehead atoms. The largest absolute Gasteiger partial charge is 0.492 e. The highest BCUT2D eigenvalue weighted by Crippen LogP contribution is 2.36. The van der Waals surface area contributed by atoms with Gasteiger partial charge in [-0.05, 0) is 68.2 Å². The zero-order valence-corrected chi connectivity index (χ0v) is 28.6. The van der Waals surface area contributed by atoms with Crippen molar-refractivity contribution in [3.8, 4) is 28.1 Å². The molecule has 2 N–H and O–H groups in total. The Morgan fingerprint density at radius 1 is 1.05 bits per heavy atom. The third-order valence-corrected chi connectivity index (χ3v) is 7.73. The molecular weight excluding hydrogens is 623 g/mol. The van der Waals surface area contributed by atoms with Gasteiger partial charge in [-0.15, -0.1) is 12.4 Å². The number of carbonyl (C=O) groups is 2. The fourth-order valence-corrected chi connectivity index (χ4v) is 5.13. The fourth-order valence-electron chi connectivity index (χ4n) is 4.46. The number of pyridine rings is 1. The number of halogens is 2. The molecule has 1 atom stereocenters. The number of ether oxygens (including phenoxy) is 1. The minimum Gasteiger partial charge on any atom is -0.492 e. The van der Waals surface area contributed by atoms with E-state index >= 15 is 0 Å². The smallest absolute Gasteiger partial charge is 0.270 e. The van der Waals surface area contributed by atoms with Crippen LogP contribution in [0.4, 0.5) is 0 Å². The van der Waals surface area contributed by atoms with Crippen molar-refractivity contribution in [3.63, 3.8) is 0 Å². The monoisotopic (exact) mass is 664 g/mol. The van der Waals surface area contributed by atoms with Crippen molar-refractivity contribution in [1.82, 2.24) is 19.9 Å². The molecule has 0 saturated heterocycles. The standard InChI is InChI=1S/C32H41ClN4O5S.ClH/c1-21-11-8-9-12-23(21)24-14-16-26(31(39)35-28(32(2,3)4)20-29(38)36-43(7,40)41)34-30(24)22-13-15-25(33)27(19-22)42-18-10-17-37(5)6;/h8-9,11-16,19,28H,10,17-18,20H2,1-7H3,(H,35,39)(H,36,38);1H/t28-;/m0./s1. The SMILES string of the molecule is Cc1ccccc1-c1ccc(C(=O)N[C@@H](CC(=O)NS(C)(=O)=O)C(C)(C)C)nc1-c1ccc(Cl)c(OCCCN(C)C)c1.Cl.